The van der Waals surface area contributed by atoms with E-state index in [0.29, 0.717) is 32.2 Å². The van der Waals surface area contributed by atoms with Crippen molar-refractivity contribution in [2.24, 2.45) is 4.99 Å². The summed E-state index contributed by atoms with van der Waals surface area (Å²) in [6.07, 6.45) is 1.59. The lowest BCUT2D eigenvalue weighted by molar-refractivity contribution is 0.355. The van der Waals surface area contributed by atoms with Gasteiger partial charge in [0.25, 0.3) is 0 Å². The molecule has 0 aliphatic heterocycles. The minimum absolute atomic E-state index is 0.119. The number of aromatic hydroxyl groups is 1. The number of hydrogen-bond acceptors (Lipinski definition) is 4. The van der Waals surface area contributed by atoms with Crippen LogP contribution in [0.4, 0.5) is 5.69 Å². The van der Waals surface area contributed by atoms with E-state index in [1.165, 1.54) is 0 Å². The molecule has 0 saturated heterocycles. The van der Waals surface area contributed by atoms with E-state index in [1.54, 1.807) is 38.6 Å². The van der Waals surface area contributed by atoms with Gasteiger partial charge in [-0.15, -0.1) is 0 Å². The van der Waals surface area contributed by atoms with Gasteiger partial charge in [0, 0.05) is 22.9 Å². The Morgan fingerprint density at radius 1 is 1.13 bits per heavy atom. The van der Waals surface area contributed by atoms with Crippen LogP contribution in [-0.4, -0.2) is 25.5 Å². The lowest BCUT2D eigenvalue weighted by atomic mass is 10.0. The summed E-state index contributed by atoms with van der Waals surface area (Å²) in [6, 6.07) is 5.33. The minimum atomic E-state index is 0.119. The highest BCUT2D eigenvalue weighted by atomic mass is 79.9. The Morgan fingerprint density at radius 2 is 1.78 bits per heavy atom. The van der Waals surface area contributed by atoms with E-state index in [0.717, 1.165) is 11.1 Å². The third-order valence-corrected chi connectivity index (χ3v) is 5.10. The number of phenolic OH excluding ortho intramolecular Hbond substituents is 1. The Morgan fingerprint density at radius 3 is 2.39 bits per heavy atom. The number of phenols is 1. The summed E-state index contributed by atoms with van der Waals surface area (Å²) in [5, 5.41) is 10.9. The van der Waals surface area contributed by atoms with Crippen LogP contribution in [0.25, 0.3) is 0 Å². The summed E-state index contributed by atoms with van der Waals surface area (Å²) >= 11 is 9.64. The van der Waals surface area contributed by atoms with Gasteiger partial charge >= 0.3 is 0 Å². The molecule has 2 rings (SSSR count). The molecule has 23 heavy (non-hydrogen) atoms. The van der Waals surface area contributed by atoms with Crippen LogP contribution in [0.1, 0.15) is 16.7 Å². The molecule has 122 valence electrons. The summed E-state index contributed by atoms with van der Waals surface area (Å²) in [4.78, 5) is 4.39. The van der Waals surface area contributed by atoms with E-state index in [4.69, 9.17) is 21.1 Å². The van der Waals surface area contributed by atoms with Crippen LogP contribution in [0.3, 0.4) is 0 Å². The zero-order chi connectivity index (χ0) is 17.1. The first-order chi connectivity index (χ1) is 10.9. The molecule has 0 atom stereocenters. The molecule has 0 radical (unpaired) electrons. The zero-order valence-electron chi connectivity index (χ0n) is 13.3. The molecule has 4 nitrogen and oxygen atoms in total. The normalized spacial score (nSPS) is 11.0. The molecular formula is C17H17BrClNO3. The molecule has 0 saturated carbocycles. The van der Waals surface area contributed by atoms with Gasteiger partial charge in [-0.05, 0) is 53.0 Å². The summed E-state index contributed by atoms with van der Waals surface area (Å²) in [5.74, 6) is 1.34. The second kappa shape index (κ2) is 7.23. The number of hydrogen-bond donors (Lipinski definition) is 1. The summed E-state index contributed by atoms with van der Waals surface area (Å²) in [7, 11) is 3.15. The first-order valence-corrected chi connectivity index (χ1v) is 8.01. The number of rotatable bonds is 4. The van der Waals surface area contributed by atoms with E-state index >= 15 is 0 Å². The van der Waals surface area contributed by atoms with Crippen LogP contribution < -0.4 is 9.47 Å². The van der Waals surface area contributed by atoms with E-state index in [1.807, 2.05) is 13.8 Å². The maximum Gasteiger partial charge on any atom is 0.162 e. The van der Waals surface area contributed by atoms with Gasteiger partial charge in [0.05, 0.1) is 24.4 Å². The lowest BCUT2D eigenvalue weighted by Crippen LogP contribution is -1.94. The third kappa shape index (κ3) is 3.46. The van der Waals surface area contributed by atoms with Crippen LogP contribution in [0, 0.1) is 13.8 Å². The van der Waals surface area contributed by atoms with Gasteiger partial charge in [0.2, 0.25) is 0 Å². The van der Waals surface area contributed by atoms with Crippen molar-refractivity contribution in [2.45, 2.75) is 13.8 Å². The van der Waals surface area contributed by atoms with Crippen molar-refractivity contribution in [3.8, 4) is 17.2 Å². The standard InChI is InChI=1S/C17H17BrClNO3/c1-9-12(17(21)15(18)10(2)16(9)19)8-20-11-5-6-13(22-3)14(7-11)23-4/h5-8,21H,1-4H3. The number of aliphatic imine (C=N–C) groups is 1. The lowest BCUT2D eigenvalue weighted by Gasteiger charge is -2.12. The SMILES string of the molecule is COc1ccc(N=Cc2c(C)c(Cl)c(C)c(Br)c2O)cc1OC. The van der Waals surface area contributed by atoms with Gasteiger partial charge in [-0.25, -0.2) is 0 Å². The van der Waals surface area contributed by atoms with E-state index in [9.17, 15) is 5.11 Å². The van der Waals surface area contributed by atoms with Crippen molar-refractivity contribution in [1.29, 1.82) is 0 Å². The average Bonchev–Trinajstić information content (AvgIpc) is 2.57. The van der Waals surface area contributed by atoms with Crippen LogP contribution in [-0.2, 0) is 0 Å². The quantitative estimate of drug-likeness (QED) is 0.721. The number of halogens is 2. The summed E-state index contributed by atoms with van der Waals surface area (Å²) in [6.45, 7) is 3.69. The monoisotopic (exact) mass is 397 g/mol. The molecule has 2 aromatic carbocycles. The topological polar surface area (TPSA) is 51.0 Å². The molecule has 6 heteroatoms. The second-order valence-corrected chi connectivity index (χ2v) is 6.11. The van der Waals surface area contributed by atoms with Crippen molar-refractivity contribution in [1.82, 2.24) is 0 Å². The van der Waals surface area contributed by atoms with E-state index in [-0.39, 0.29) is 5.75 Å². The van der Waals surface area contributed by atoms with Crippen molar-refractivity contribution >= 4 is 39.4 Å². The zero-order valence-corrected chi connectivity index (χ0v) is 15.6. The Kier molecular flexibility index (Phi) is 5.55. The molecular weight excluding hydrogens is 382 g/mol. The molecule has 0 heterocycles. The molecule has 2 aromatic rings. The summed E-state index contributed by atoms with van der Waals surface area (Å²) < 4.78 is 11.0. The fraction of sp³-hybridized carbons (Fsp3) is 0.235. The molecule has 0 aliphatic carbocycles. The number of benzene rings is 2. The molecule has 0 aliphatic rings. The number of ether oxygens (including phenoxy) is 2. The minimum Gasteiger partial charge on any atom is -0.506 e. The second-order valence-electron chi connectivity index (χ2n) is 4.94. The first-order valence-electron chi connectivity index (χ1n) is 6.83. The van der Waals surface area contributed by atoms with Gasteiger partial charge in [-0.3, -0.25) is 4.99 Å². The number of methoxy groups -OCH3 is 2. The van der Waals surface area contributed by atoms with Gasteiger partial charge in [0.15, 0.2) is 11.5 Å². The van der Waals surface area contributed by atoms with Crippen LogP contribution in [0.5, 0.6) is 17.2 Å². The molecule has 0 unspecified atom stereocenters. The van der Waals surface area contributed by atoms with Crippen LogP contribution in [0.2, 0.25) is 5.02 Å². The highest BCUT2D eigenvalue weighted by Gasteiger charge is 2.15. The predicted octanol–water partition coefficient (Wildman–Crippen LogP) is 5.19. The van der Waals surface area contributed by atoms with Gasteiger partial charge < -0.3 is 14.6 Å². The average molecular weight is 399 g/mol. The van der Waals surface area contributed by atoms with Crippen LogP contribution in [0.15, 0.2) is 27.7 Å². The van der Waals surface area contributed by atoms with Gasteiger partial charge in [-0.1, -0.05) is 11.6 Å². The smallest absolute Gasteiger partial charge is 0.162 e. The highest BCUT2D eigenvalue weighted by molar-refractivity contribution is 9.10. The van der Waals surface area contributed by atoms with Crippen molar-refractivity contribution < 1.29 is 14.6 Å². The molecule has 0 aromatic heterocycles. The fourth-order valence-electron chi connectivity index (χ4n) is 2.17. The maximum absolute atomic E-state index is 10.3. The van der Waals surface area contributed by atoms with Crippen LogP contribution >= 0.6 is 27.5 Å². The highest BCUT2D eigenvalue weighted by Crippen LogP contribution is 2.38. The molecule has 0 bridgehead atoms. The van der Waals surface area contributed by atoms with Gasteiger partial charge in [-0.2, -0.15) is 0 Å². The summed E-state index contributed by atoms with van der Waals surface area (Å²) in [5.41, 5.74) is 2.82. The predicted molar refractivity (Wildman–Crippen MR) is 97.1 cm³/mol. The molecule has 1 N–H and O–H groups in total. The van der Waals surface area contributed by atoms with Crippen molar-refractivity contribution in [3.63, 3.8) is 0 Å². The first kappa shape index (κ1) is 17.6. The van der Waals surface area contributed by atoms with E-state index < -0.39 is 0 Å². The maximum atomic E-state index is 10.3. The third-order valence-electron chi connectivity index (χ3n) is 3.56. The Balaban J connectivity index is 2.45. The fourth-order valence-corrected chi connectivity index (χ4v) is 2.89. The van der Waals surface area contributed by atoms with Crippen molar-refractivity contribution in [3.05, 3.63) is 44.4 Å². The van der Waals surface area contributed by atoms with Gasteiger partial charge in [0.1, 0.15) is 5.75 Å². The largest absolute Gasteiger partial charge is 0.506 e. The molecule has 0 spiro atoms. The van der Waals surface area contributed by atoms with E-state index in [2.05, 4.69) is 20.9 Å². The Hall–Kier alpha value is -1.72. The molecule has 0 amide bonds. The Labute approximate surface area is 148 Å². The number of nitrogens with zero attached hydrogens (tertiary/aromatic N) is 1. The van der Waals surface area contributed by atoms with Crippen molar-refractivity contribution in [2.75, 3.05) is 14.2 Å². The molecule has 0 fully saturated rings. The Bertz CT molecular complexity index is 746.